The molecule has 0 saturated carbocycles. The molecule has 1 aromatic heterocycles. The normalized spacial score (nSPS) is 10.2. The Morgan fingerprint density at radius 3 is 2.29 bits per heavy atom. The van der Waals surface area contributed by atoms with Gasteiger partial charge in [-0.1, -0.05) is 0 Å². The highest BCUT2D eigenvalue weighted by molar-refractivity contribution is 5.38. The molecule has 2 N–H and O–H groups in total. The first-order valence-electron chi connectivity index (χ1n) is 5.08. The van der Waals surface area contributed by atoms with Crippen LogP contribution in [0.4, 0.5) is 5.95 Å². The van der Waals surface area contributed by atoms with E-state index in [0.29, 0.717) is 12.5 Å². The smallest absolute Gasteiger partial charge is 0.222 e. The maximum Gasteiger partial charge on any atom is 0.222 e. The van der Waals surface area contributed by atoms with Crippen molar-refractivity contribution in [1.29, 1.82) is 0 Å². The summed E-state index contributed by atoms with van der Waals surface area (Å²) in [4.78, 5) is 0. The average Bonchev–Trinajstić information content (AvgIpc) is 2.74. The number of aromatic nitrogens is 3. The van der Waals surface area contributed by atoms with E-state index in [-0.39, 0.29) is 0 Å². The number of anilines is 1. The van der Waals surface area contributed by atoms with Gasteiger partial charge in [0.05, 0.1) is 20.8 Å². The molecule has 0 aliphatic carbocycles. The predicted octanol–water partition coefficient (Wildman–Crippen LogP) is 0.926. The summed E-state index contributed by atoms with van der Waals surface area (Å²) in [5, 5.41) is 7.45. The van der Waals surface area contributed by atoms with Crippen molar-refractivity contribution >= 4 is 5.95 Å². The number of rotatable bonds is 4. The van der Waals surface area contributed by atoms with Crippen LogP contribution in [0, 0.1) is 0 Å². The molecule has 0 unspecified atom stereocenters. The average molecular weight is 234 g/mol. The SMILES string of the molecule is COc1cc(Cn2cnnc2N)cc(OC)c1. The summed E-state index contributed by atoms with van der Waals surface area (Å²) >= 11 is 0. The van der Waals surface area contributed by atoms with Crippen LogP contribution in [0.15, 0.2) is 24.5 Å². The summed E-state index contributed by atoms with van der Waals surface area (Å²) in [6.07, 6.45) is 1.58. The molecular formula is C11H14N4O2. The first-order valence-corrected chi connectivity index (χ1v) is 5.08. The van der Waals surface area contributed by atoms with Crippen molar-refractivity contribution in [2.24, 2.45) is 0 Å². The van der Waals surface area contributed by atoms with Crippen molar-refractivity contribution in [3.8, 4) is 11.5 Å². The Kier molecular flexibility index (Phi) is 3.13. The topological polar surface area (TPSA) is 75.2 Å². The van der Waals surface area contributed by atoms with Gasteiger partial charge in [-0.3, -0.25) is 4.57 Å². The number of benzene rings is 1. The van der Waals surface area contributed by atoms with Crippen LogP contribution < -0.4 is 15.2 Å². The lowest BCUT2D eigenvalue weighted by atomic mass is 10.2. The number of nitrogens with two attached hydrogens (primary N) is 1. The zero-order valence-electron chi connectivity index (χ0n) is 9.75. The van der Waals surface area contributed by atoms with E-state index in [2.05, 4.69) is 10.2 Å². The Hall–Kier alpha value is -2.24. The highest BCUT2D eigenvalue weighted by Crippen LogP contribution is 2.23. The first kappa shape index (κ1) is 11.3. The molecule has 1 aromatic carbocycles. The van der Waals surface area contributed by atoms with E-state index >= 15 is 0 Å². The summed E-state index contributed by atoms with van der Waals surface area (Å²) in [6.45, 7) is 0.576. The summed E-state index contributed by atoms with van der Waals surface area (Å²) < 4.78 is 12.1. The van der Waals surface area contributed by atoms with E-state index in [9.17, 15) is 0 Å². The number of ether oxygens (including phenoxy) is 2. The fourth-order valence-electron chi connectivity index (χ4n) is 1.54. The van der Waals surface area contributed by atoms with Crippen LogP contribution in [0.1, 0.15) is 5.56 Å². The van der Waals surface area contributed by atoms with Crippen molar-refractivity contribution in [3.05, 3.63) is 30.1 Å². The third kappa shape index (κ3) is 2.47. The maximum atomic E-state index is 5.66. The first-order chi connectivity index (χ1) is 8.22. The van der Waals surface area contributed by atoms with Crippen LogP contribution >= 0.6 is 0 Å². The second-order valence-electron chi connectivity index (χ2n) is 3.54. The van der Waals surface area contributed by atoms with Crippen molar-refractivity contribution in [3.63, 3.8) is 0 Å². The third-order valence-electron chi connectivity index (χ3n) is 2.41. The molecule has 6 nitrogen and oxygen atoms in total. The second-order valence-corrected chi connectivity index (χ2v) is 3.54. The van der Waals surface area contributed by atoms with Gasteiger partial charge in [0.15, 0.2) is 0 Å². The molecular weight excluding hydrogens is 220 g/mol. The van der Waals surface area contributed by atoms with Gasteiger partial charge >= 0.3 is 0 Å². The van der Waals surface area contributed by atoms with Gasteiger partial charge in [0.25, 0.3) is 0 Å². The van der Waals surface area contributed by atoms with Crippen molar-refractivity contribution in [1.82, 2.24) is 14.8 Å². The van der Waals surface area contributed by atoms with Gasteiger partial charge in [-0.05, 0) is 17.7 Å². The Labute approximate surface area is 99.0 Å². The van der Waals surface area contributed by atoms with Gasteiger partial charge in [0.1, 0.15) is 17.8 Å². The number of methoxy groups -OCH3 is 2. The number of nitrogen functional groups attached to an aromatic ring is 1. The zero-order valence-corrected chi connectivity index (χ0v) is 9.75. The molecule has 0 radical (unpaired) electrons. The van der Waals surface area contributed by atoms with Gasteiger partial charge < -0.3 is 15.2 Å². The quantitative estimate of drug-likeness (QED) is 0.851. The molecule has 6 heteroatoms. The Bertz CT molecular complexity index is 488. The van der Waals surface area contributed by atoms with Crippen LogP contribution in [-0.4, -0.2) is 29.0 Å². The highest BCUT2D eigenvalue weighted by Gasteiger charge is 2.05. The van der Waals surface area contributed by atoms with Crippen LogP contribution in [0.25, 0.3) is 0 Å². The monoisotopic (exact) mass is 234 g/mol. The summed E-state index contributed by atoms with van der Waals surface area (Å²) in [7, 11) is 3.23. The molecule has 0 fully saturated rings. The molecule has 0 aliphatic rings. The van der Waals surface area contributed by atoms with Crippen LogP contribution in [-0.2, 0) is 6.54 Å². The lowest BCUT2D eigenvalue weighted by Gasteiger charge is -2.09. The Morgan fingerprint density at radius 1 is 1.18 bits per heavy atom. The summed E-state index contributed by atoms with van der Waals surface area (Å²) in [5.74, 6) is 1.86. The van der Waals surface area contributed by atoms with E-state index in [1.54, 1.807) is 25.1 Å². The molecule has 90 valence electrons. The van der Waals surface area contributed by atoms with E-state index in [1.807, 2.05) is 18.2 Å². The molecule has 0 spiro atoms. The number of hydrogen-bond donors (Lipinski definition) is 1. The lowest BCUT2D eigenvalue weighted by molar-refractivity contribution is 0.393. The molecule has 1 heterocycles. The second kappa shape index (κ2) is 4.73. The molecule has 2 aromatic rings. The molecule has 0 atom stereocenters. The molecule has 2 rings (SSSR count). The fourth-order valence-corrected chi connectivity index (χ4v) is 1.54. The van der Waals surface area contributed by atoms with Crippen LogP contribution in [0.2, 0.25) is 0 Å². The lowest BCUT2D eigenvalue weighted by Crippen LogP contribution is -2.04. The third-order valence-corrected chi connectivity index (χ3v) is 2.41. The summed E-state index contributed by atoms with van der Waals surface area (Å²) in [6, 6.07) is 5.66. The minimum atomic E-state index is 0.381. The van der Waals surface area contributed by atoms with Gasteiger partial charge in [0.2, 0.25) is 5.95 Å². The molecule has 0 amide bonds. The van der Waals surface area contributed by atoms with Gasteiger partial charge in [0, 0.05) is 6.07 Å². The molecule has 0 aliphatic heterocycles. The standard InChI is InChI=1S/C11H14N4O2/c1-16-9-3-8(4-10(5-9)17-2)6-15-7-13-14-11(15)12/h3-5,7H,6H2,1-2H3,(H2,12,14). The fraction of sp³-hybridized carbons (Fsp3) is 0.273. The zero-order chi connectivity index (χ0) is 12.3. The minimum absolute atomic E-state index is 0.381. The van der Waals surface area contributed by atoms with E-state index < -0.39 is 0 Å². The Morgan fingerprint density at radius 2 is 1.82 bits per heavy atom. The molecule has 17 heavy (non-hydrogen) atoms. The van der Waals surface area contributed by atoms with Crippen LogP contribution in [0.5, 0.6) is 11.5 Å². The Balaban J connectivity index is 2.29. The largest absolute Gasteiger partial charge is 0.497 e. The van der Waals surface area contributed by atoms with Gasteiger partial charge in [-0.25, -0.2) is 0 Å². The number of hydrogen-bond acceptors (Lipinski definition) is 5. The maximum absolute atomic E-state index is 5.66. The van der Waals surface area contributed by atoms with Gasteiger partial charge in [-0.15, -0.1) is 10.2 Å². The minimum Gasteiger partial charge on any atom is -0.497 e. The highest BCUT2D eigenvalue weighted by atomic mass is 16.5. The number of nitrogens with zero attached hydrogens (tertiary/aromatic N) is 3. The van der Waals surface area contributed by atoms with Crippen molar-refractivity contribution in [2.45, 2.75) is 6.54 Å². The van der Waals surface area contributed by atoms with Crippen molar-refractivity contribution in [2.75, 3.05) is 20.0 Å². The van der Waals surface area contributed by atoms with Crippen molar-refractivity contribution < 1.29 is 9.47 Å². The van der Waals surface area contributed by atoms with E-state index in [4.69, 9.17) is 15.2 Å². The predicted molar refractivity (Wildman–Crippen MR) is 63.1 cm³/mol. The molecule has 0 saturated heterocycles. The van der Waals surface area contributed by atoms with E-state index in [0.717, 1.165) is 17.1 Å². The molecule has 0 bridgehead atoms. The summed E-state index contributed by atoms with van der Waals surface area (Å²) in [5.41, 5.74) is 6.66. The van der Waals surface area contributed by atoms with E-state index in [1.165, 1.54) is 0 Å². The van der Waals surface area contributed by atoms with Crippen LogP contribution in [0.3, 0.4) is 0 Å². The van der Waals surface area contributed by atoms with Gasteiger partial charge in [-0.2, -0.15) is 0 Å².